The van der Waals surface area contributed by atoms with Crippen LogP contribution in [0.1, 0.15) is 5.82 Å². The van der Waals surface area contributed by atoms with E-state index in [0.29, 0.717) is 13.1 Å². The van der Waals surface area contributed by atoms with Crippen LogP contribution in [0.3, 0.4) is 0 Å². The minimum atomic E-state index is 0.167. The molecule has 0 aliphatic heterocycles. The minimum Gasteiger partial charge on any atom is -0.395 e. The lowest BCUT2D eigenvalue weighted by Crippen LogP contribution is -2.18. The third-order valence-electron chi connectivity index (χ3n) is 1.14. The number of aromatic amines is 1. The van der Waals surface area contributed by atoms with Gasteiger partial charge in [-0.05, 0) is 0 Å². The molecule has 10 heavy (non-hydrogen) atoms. The zero-order chi connectivity index (χ0) is 7.23. The number of hydrogen-bond acceptors (Lipinski definition) is 3. The highest BCUT2D eigenvalue weighted by atomic mass is 16.3. The van der Waals surface area contributed by atoms with E-state index in [9.17, 15) is 0 Å². The van der Waals surface area contributed by atoms with Gasteiger partial charge in [-0.25, -0.2) is 4.98 Å². The molecule has 0 bridgehead atoms. The predicted molar refractivity (Wildman–Crippen MR) is 37.4 cm³/mol. The first-order valence-electron chi connectivity index (χ1n) is 3.23. The fourth-order valence-corrected chi connectivity index (χ4v) is 0.680. The first-order valence-corrected chi connectivity index (χ1v) is 3.23. The molecule has 3 N–H and O–H groups in total. The van der Waals surface area contributed by atoms with Gasteiger partial charge >= 0.3 is 0 Å². The zero-order valence-electron chi connectivity index (χ0n) is 5.67. The Morgan fingerprint density at radius 1 is 1.70 bits per heavy atom. The van der Waals surface area contributed by atoms with Crippen LogP contribution in [0.15, 0.2) is 12.4 Å². The van der Waals surface area contributed by atoms with Crippen LogP contribution in [0.25, 0.3) is 0 Å². The molecule has 0 aliphatic rings. The third kappa shape index (κ3) is 2.16. The maximum atomic E-state index is 8.40. The molecule has 0 spiro atoms. The van der Waals surface area contributed by atoms with Gasteiger partial charge in [0.2, 0.25) is 0 Å². The number of imidazole rings is 1. The molecular formula is C6H11N3O. The Morgan fingerprint density at radius 3 is 3.20 bits per heavy atom. The molecule has 1 rings (SSSR count). The van der Waals surface area contributed by atoms with Crippen LogP contribution in [0.5, 0.6) is 0 Å². The summed E-state index contributed by atoms with van der Waals surface area (Å²) in [6, 6.07) is 0. The molecule has 0 amide bonds. The van der Waals surface area contributed by atoms with Crippen molar-refractivity contribution in [3.8, 4) is 0 Å². The van der Waals surface area contributed by atoms with Gasteiger partial charge in [0.1, 0.15) is 5.82 Å². The molecule has 1 aromatic rings. The number of aliphatic hydroxyl groups excluding tert-OH is 1. The van der Waals surface area contributed by atoms with Gasteiger partial charge in [-0.1, -0.05) is 0 Å². The van der Waals surface area contributed by atoms with Gasteiger partial charge in [0, 0.05) is 18.9 Å². The number of rotatable bonds is 4. The smallest absolute Gasteiger partial charge is 0.120 e. The van der Waals surface area contributed by atoms with Crippen LogP contribution in [0, 0.1) is 0 Å². The fraction of sp³-hybridized carbons (Fsp3) is 0.500. The third-order valence-corrected chi connectivity index (χ3v) is 1.14. The molecule has 0 saturated heterocycles. The Kier molecular flexibility index (Phi) is 2.92. The summed E-state index contributed by atoms with van der Waals surface area (Å²) in [7, 11) is 0. The minimum absolute atomic E-state index is 0.167. The lowest BCUT2D eigenvalue weighted by Gasteiger charge is -1.97. The summed E-state index contributed by atoms with van der Waals surface area (Å²) in [5.41, 5.74) is 0. The predicted octanol–water partition coefficient (Wildman–Crippen LogP) is -0.508. The number of nitrogens with zero attached hydrogens (tertiary/aromatic N) is 1. The summed E-state index contributed by atoms with van der Waals surface area (Å²) in [5, 5.41) is 11.4. The second-order valence-corrected chi connectivity index (χ2v) is 1.94. The van der Waals surface area contributed by atoms with E-state index in [4.69, 9.17) is 5.11 Å². The van der Waals surface area contributed by atoms with E-state index in [-0.39, 0.29) is 6.61 Å². The van der Waals surface area contributed by atoms with Gasteiger partial charge in [0.15, 0.2) is 0 Å². The summed E-state index contributed by atoms with van der Waals surface area (Å²) >= 11 is 0. The van der Waals surface area contributed by atoms with Gasteiger partial charge in [-0.2, -0.15) is 0 Å². The van der Waals surface area contributed by atoms with Gasteiger partial charge in [-0.15, -0.1) is 0 Å². The van der Waals surface area contributed by atoms with Crippen LogP contribution >= 0.6 is 0 Å². The van der Waals surface area contributed by atoms with Crippen LogP contribution in [-0.2, 0) is 6.54 Å². The molecule has 0 radical (unpaired) electrons. The molecule has 1 aromatic heterocycles. The van der Waals surface area contributed by atoms with Crippen molar-refractivity contribution < 1.29 is 5.11 Å². The Hall–Kier alpha value is -0.870. The van der Waals surface area contributed by atoms with Crippen molar-refractivity contribution in [2.24, 2.45) is 0 Å². The molecule has 56 valence electrons. The quantitative estimate of drug-likeness (QED) is 0.495. The molecule has 1 heterocycles. The zero-order valence-corrected chi connectivity index (χ0v) is 5.67. The Labute approximate surface area is 59.3 Å². The van der Waals surface area contributed by atoms with Crippen LogP contribution in [0.2, 0.25) is 0 Å². The SMILES string of the molecule is OCCNCc1ncc[nH]1. The van der Waals surface area contributed by atoms with E-state index < -0.39 is 0 Å². The van der Waals surface area contributed by atoms with Crippen molar-refractivity contribution in [2.45, 2.75) is 6.54 Å². The molecule has 4 nitrogen and oxygen atoms in total. The molecule has 0 unspecified atom stereocenters. The summed E-state index contributed by atoms with van der Waals surface area (Å²) in [4.78, 5) is 6.93. The van der Waals surface area contributed by atoms with Crippen molar-refractivity contribution in [1.29, 1.82) is 0 Å². The van der Waals surface area contributed by atoms with E-state index in [2.05, 4.69) is 15.3 Å². The first kappa shape index (κ1) is 7.24. The molecule has 0 saturated carbocycles. The Morgan fingerprint density at radius 2 is 2.60 bits per heavy atom. The largest absolute Gasteiger partial charge is 0.395 e. The van der Waals surface area contributed by atoms with Gasteiger partial charge in [0.05, 0.1) is 13.2 Å². The van der Waals surface area contributed by atoms with Crippen molar-refractivity contribution in [3.05, 3.63) is 18.2 Å². The van der Waals surface area contributed by atoms with E-state index in [1.165, 1.54) is 0 Å². The second-order valence-electron chi connectivity index (χ2n) is 1.94. The maximum Gasteiger partial charge on any atom is 0.120 e. The topological polar surface area (TPSA) is 60.9 Å². The highest BCUT2D eigenvalue weighted by molar-refractivity contribution is 4.85. The van der Waals surface area contributed by atoms with E-state index in [1.54, 1.807) is 12.4 Å². The molecular weight excluding hydrogens is 130 g/mol. The lowest BCUT2D eigenvalue weighted by molar-refractivity contribution is 0.291. The first-order chi connectivity index (χ1) is 4.93. The normalized spacial score (nSPS) is 10.1. The summed E-state index contributed by atoms with van der Waals surface area (Å²) in [6.07, 6.45) is 3.48. The number of hydrogen-bond donors (Lipinski definition) is 3. The van der Waals surface area contributed by atoms with Crippen molar-refractivity contribution in [2.75, 3.05) is 13.2 Å². The number of aliphatic hydroxyl groups is 1. The summed E-state index contributed by atoms with van der Waals surface area (Å²) in [5.74, 6) is 0.897. The molecule has 0 atom stereocenters. The van der Waals surface area contributed by atoms with Gasteiger partial charge < -0.3 is 15.4 Å². The number of aromatic nitrogens is 2. The molecule has 0 aromatic carbocycles. The van der Waals surface area contributed by atoms with Crippen LogP contribution < -0.4 is 5.32 Å². The van der Waals surface area contributed by atoms with E-state index in [0.717, 1.165) is 5.82 Å². The standard InChI is InChI=1S/C6H11N3O/c10-4-3-7-5-6-8-1-2-9-6/h1-2,7,10H,3-5H2,(H,8,9). The van der Waals surface area contributed by atoms with Crippen molar-refractivity contribution in [3.63, 3.8) is 0 Å². The summed E-state index contributed by atoms with van der Waals surface area (Å²) in [6.45, 7) is 1.47. The Balaban J connectivity index is 2.15. The van der Waals surface area contributed by atoms with Crippen molar-refractivity contribution in [1.82, 2.24) is 15.3 Å². The number of nitrogens with one attached hydrogen (secondary N) is 2. The fourth-order valence-electron chi connectivity index (χ4n) is 0.680. The molecule has 0 aliphatic carbocycles. The highest BCUT2D eigenvalue weighted by Gasteiger charge is 1.90. The average molecular weight is 141 g/mol. The summed E-state index contributed by atoms with van der Waals surface area (Å²) < 4.78 is 0. The van der Waals surface area contributed by atoms with E-state index >= 15 is 0 Å². The maximum absolute atomic E-state index is 8.40. The molecule has 4 heteroatoms. The Bertz CT molecular complexity index is 162. The van der Waals surface area contributed by atoms with Crippen molar-refractivity contribution >= 4 is 0 Å². The average Bonchev–Trinajstić information content (AvgIpc) is 2.41. The monoisotopic (exact) mass is 141 g/mol. The van der Waals surface area contributed by atoms with Gasteiger partial charge in [0.25, 0.3) is 0 Å². The van der Waals surface area contributed by atoms with Gasteiger partial charge in [-0.3, -0.25) is 0 Å². The van der Waals surface area contributed by atoms with Crippen LogP contribution in [-0.4, -0.2) is 28.2 Å². The lowest BCUT2D eigenvalue weighted by atomic mass is 10.5. The highest BCUT2D eigenvalue weighted by Crippen LogP contribution is 1.84. The van der Waals surface area contributed by atoms with Crippen LogP contribution in [0.4, 0.5) is 0 Å². The second kappa shape index (κ2) is 4.03. The van der Waals surface area contributed by atoms with E-state index in [1.807, 2.05) is 0 Å². The molecule has 0 fully saturated rings. The number of H-pyrrole nitrogens is 1.